The lowest BCUT2D eigenvalue weighted by molar-refractivity contribution is 0.631. The van der Waals surface area contributed by atoms with Crippen molar-refractivity contribution >= 4 is 54.5 Å². The van der Waals surface area contributed by atoms with Gasteiger partial charge in [-0.05, 0) is 90.8 Å². The van der Waals surface area contributed by atoms with Crippen molar-refractivity contribution in [1.82, 2.24) is 0 Å². The van der Waals surface area contributed by atoms with Crippen LogP contribution in [0.2, 0.25) is 0 Å². The molecule has 2 heteroatoms. The molecule has 2 aromatic heterocycles. The van der Waals surface area contributed by atoms with Crippen molar-refractivity contribution < 1.29 is 8.83 Å². The molecule has 0 aliphatic heterocycles. The van der Waals surface area contributed by atoms with Crippen LogP contribution in [0.1, 0.15) is 0 Å². The van der Waals surface area contributed by atoms with Crippen LogP contribution in [0.25, 0.3) is 110 Å². The minimum absolute atomic E-state index is 0.809. The van der Waals surface area contributed by atoms with Gasteiger partial charge in [0.1, 0.15) is 22.5 Å². The lowest BCUT2D eigenvalue weighted by atomic mass is 9.85. The van der Waals surface area contributed by atoms with Crippen molar-refractivity contribution in [3.05, 3.63) is 194 Å². The molecule has 11 rings (SSSR count). The fraction of sp³-hybridized carbons (Fsp3) is 0. The average molecular weight is 689 g/mol. The predicted octanol–water partition coefficient (Wildman–Crippen LogP) is 15.0. The van der Waals surface area contributed by atoms with E-state index in [1.165, 1.54) is 49.4 Å². The fourth-order valence-corrected chi connectivity index (χ4v) is 8.48. The molecule has 0 bridgehead atoms. The van der Waals surface area contributed by atoms with Crippen LogP contribution in [-0.4, -0.2) is 0 Å². The molecule has 0 N–H and O–H groups in total. The predicted molar refractivity (Wildman–Crippen MR) is 226 cm³/mol. The Bertz CT molecular complexity index is 3130. The molecule has 0 saturated heterocycles. The van der Waals surface area contributed by atoms with Gasteiger partial charge in [-0.2, -0.15) is 0 Å². The van der Waals surface area contributed by atoms with E-state index in [0.717, 1.165) is 60.9 Å². The Kier molecular flexibility index (Phi) is 6.90. The quantitative estimate of drug-likeness (QED) is 0.168. The number of fused-ring (bicyclic) bond motifs is 7. The van der Waals surface area contributed by atoms with Crippen molar-refractivity contribution in [3.8, 4) is 55.8 Å². The average Bonchev–Trinajstić information content (AvgIpc) is 3.82. The van der Waals surface area contributed by atoms with Gasteiger partial charge in [0.05, 0.1) is 5.39 Å². The molecule has 0 atom stereocenters. The molecule has 11 aromatic rings. The van der Waals surface area contributed by atoms with Gasteiger partial charge in [0.15, 0.2) is 0 Å². The van der Waals surface area contributed by atoms with Crippen LogP contribution in [0.15, 0.2) is 203 Å². The molecule has 54 heavy (non-hydrogen) atoms. The zero-order chi connectivity index (χ0) is 35.6. The summed E-state index contributed by atoms with van der Waals surface area (Å²) in [6.07, 6.45) is 0. The van der Waals surface area contributed by atoms with Crippen molar-refractivity contribution in [2.75, 3.05) is 0 Å². The Balaban J connectivity index is 1.15. The summed E-state index contributed by atoms with van der Waals surface area (Å²) in [6.45, 7) is 0. The van der Waals surface area contributed by atoms with E-state index in [1.54, 1.807) is 0 Å². The molecule has 0 fully saturated rings. The Morgan fingerprint density at radius 3 is 1.39 bits per heavy atom. The van der Waals surface area contributed by atoms with Gasteiger partial charge in [-0.25, -0.2) is 0 Å². The van der Waals surface area contributed by atoms with Crippen LogP contribution in [0.3, 0.4) is 0 Å². The first kappa shape index (κ1) is 30.5. The van der Waals surface area contributed by atoms with E-state index in [-0.39, 0.29) is 0 Å². The molecule has 0 amide bonds. The fourth-order valence-electron chi connectivity index (χ4n) is 8.48. The van der Waals surface area contributed by atoms with E-state index in [2.05, 4.69) is 182 Å². The summed E-state index contributed by atoms with van der Waals surface area (Å²) >= 11 is 0. The first-order valence-corrected chi connectivity index (χ1v) is 18.4. The standard InChI is InChI=1S/C52H32O2/c1-4-15-33(16-5-1)36-21-14-22-37(31-36)47-39-23-10-12-25-41(39)48(42-26-13-11-24-40(42)47)38-27-29-45-44(32-38)43-28-30-46-50(52(43)53-45)49(34-17-6-2-7-18-34)51(54-46)35-19-8-3-9-20-35/h1-32H. The van der Waals surface area contributed by atoms with Crippen LogP contribution in [0.5, 0.6) is 0 Å². The minimum atomic E-state index is 0.809. The van der Waals surface area contributed by atoms with Crippen LogP contribution in [-0.2, 0) is 0 Å². The van der Waals surface area contributed by atoms with Gasteiger partial charge in [0.25, 0.3) is 0 Å². The van der Waals surface area contributed by atoms with Crippen LogP contribution >= 0.6 is 0 Å². The van der Waals surface area contributed by atoms with Gasteiger partial charge in [0, 0.05) is 21.9 Å². The normalized spacial score (nSPS) is 11.7. The Morgan fingerprint density at radius 2 is 0.759 bits per heavy atom. The topological polar surface area (TPSA) is 26.3 Å². The smallest absolute Gasteiger partial charge is 0.147 e. The molecule has 2 heterocycles. The SMILES string of the molecule is c1ccc(-c2cccc(-c3c4ccccc4c(-c4ccc5oc6c(ccc7oc(-c8ccccc8)c(-c8ccccc8)c76)c5c4)c4ccccc34)c2)cc1. The second-order valence-electron chi connectivity index (χ2n) is 14.0. The molecule has 0 aliphatic rings. The van der Waals surface area contributed by atoms with E-state index >= 15 is 0 Å². The van der Waals surface area contributed by atoms with E-state index in [0.29, 0.717) is 0 Å². The van der Waals surface area contributed by atoms with E-state index in [4.69, 9.17) is 8.83 Å². The minimum Gasteiger partial charge on any atom is -0.455 e. The highest BCUT2D eigenvalue weighted by Crippen LogP contribution is 2.48. The highest BCUT2D eigenvalue weighted by Gasteiger charge is 2.24. The lowest BCUT2D eigenvalue weighted by Gasteiger charge is -2.18. The third-order valence-electron chi connectivity index (χ3n) is 10.9. The summed E-state index contributed by atoms with van der Waals surface area (Å²) in [6, 6.07) is 69.0. The van der Waals surface area contributed by atoms with E-state index < -0.39 is 0 Å². The highest BCUT2D eigenvalue weighted by molar-refractivity contribution is 6.24. The van der Waals surface area contributed by atoms with Gasteiger partial charge in [-0.3, -0.25) is 0 Å². The molecule has 0 spiro atoms. The van der Waals surface area contributed by atoms with Gasteiger partial charge in [-0.15, -0.1) is 0 Å². The maximum absolute atomic E-state index is 6.81. The van der Waals surface area contributed by atoms with Crippen LogP contribution < -0.4 is 0 Å². The van der Waals surface area contributed by atoms with E-state index in [1.807, 2.05) is 12.1 Å². The molecule has 0 unspecified atom stereocenters. The number of hydrogen-bond acceptors (Lipinski definition) is 2. The third-order valence-corrected chi connectivity index (χ3v) is 10.9. The number of furan rings is 2. The zero-order valence-corrected chi connectivity index (χ0v) is 29.3. The van der Waals surface area contributed by atoms with Crippen molar-refractivity contribution in [3.63, 3.8) is 0 Å². The van der Waals surface area contributed by atoms with Gasteiger partial charge >= 0.3 is 0 Å². The van der Waals surface area contributed by atoms with Crippen LogP contribution in [0, 0.1) is 0 Å². The van der Waals surface area contributed by atoms with Gasteiger partial charge in [0.2, 0.25) is 0 Å². The van der Waals surface area contributed by atoms with E-state index in [9.17, 15) is 0 Å². The van der Waals surface area contributed by atoms with Crippen molar-refractivity contribution in [1.29, 1.82) is 0 Å². The second-order valence-corrected chi connectivity index (χ2v) is 14.0. The third kappa shape index (κ3) is 4.74. The summed E-state index contributed by atoms with van der Waals surface area (Å²) in [5, 5.41) is 8.05. The van der Waals surface area contributed by atoms with Crippen LogP contribution in [0.4, 0.5) is 0 Å². The molecular weight excluding hydrogens is 657 g/mol. The molecule has 0 aliphatic carbocycles. The number of benzene rings is 9. The lowest BCUT2D eigenvalue weighted by Crippen LogP contribution is -1.91. The molecule has 9 aromatic carbocycles. The van der Waals surface area contributed by atoms with Gasteiger partial charge < -0.3 is 8.83 Å². The summed E-state index contributed by atoms with van der Waals surface area (Å²) in [5.74, 6) is 0.845. The molecule has 0 radical (unpaired) electrons. The number of hydrogen-bond donors (Lipinski definition) is 0. The molecule has 252 valence electrons. The molecule has 2 nitrogen and oxygen atoms in total. The summed E-state index contributed by atoms with van der Waals surface area (Å²) in [4.78, 5) is 0. The zero-order valence-electron chi connectivity index (χ0n) is 29.3. The first-order chi connectivity index (χ1) is 26.8. The van der Waals surface area contributed by atoms with Crippen molar-refractivity contribution in [2.24, 2.45) is 0 Å². The first-order valence-electron chi connectivity index (χ1n) is 18.4. The Morgan fingerprint density at radius 1 is 0.259 bits per heavy atom. The van der Waals surface area contributed by atoms with Crippen molar-refractivity contribution in [2.45, 2.75) is 0 Å². The second kappa shape index (κ2) is 12.2. The summed E-state index contributed by atoms with van der Waals surface area (Å²) in [5.41, 5.74) is 12.9. The largest absolute Gasteiger partial charge is 0.455 e. The maximum Gasteiger partial charge on any atom is 0.147 e. The molecule has 0 saturated carbocycles. The maximum atomic E-state index is 6.81. The Labute approximate surface area is 312 Å². The van der Waals surface area contributed by atoms with Gasteiger partial charge in [-0.1, -0.05) is 164 Å². The molecular formula is C52H32O2. The summed E-state index contributed by atoms with van der Waals surface area (Å²) in [7, 11) is 0. The monoisotopic (exact) mass is 688 g/mol. The Hall–Kier alpha value is -7.16. The highest BCUT2D eigenvalue weighted by atomic mass is 16.3. The number of rotatable bonds is 5. The summed E-state index contributed by atoms with van der Waals surface area (Å²) < 4.78 is 13.5.